The third-order valence-electron chi connectivity index (χ3n) is 1.52. The molecular weight excluding hydrogens is 164 g/mol. The number of ether oxygens (including phenoxy) is 1. The number of hydrogen-bond acceptors (Lipinski definition) is 2. The molecule has 0 aliphatic carbocycles. The van der Waals surface area contributed by atoms with Crippen LogP contribution in [0.3, 0.4) is 0 Å². The van der Waals surface area contributed by atoms with Crippen molar-refractivity contribution in [3.8, 4) is 0 Å². The fraction of sp³-hybridized carbons (Fsp3) is 0.909. The first-order chi connectivity index (χ1) is 5.97. The van der Waals surface area contributed by atoms with Crippen molar-refractivity contribution in [2.45, 2.75) is 53.9 Å². The normalized spacial score (nSPS) is 9.92. The highest BCUT2D eigenvalue weighted by Crippen LogP contribution is 2.20. The Balaban J connectivity index is 0. The summed E-state index contributed by atoms with van der Waals surface area (Å²) in [6, 6.07) is 0. The van der Waals surface area contributed by atoms with Crippen molar-refractivity contribution < 1.29 is 9.53 Å². The minimum atomic E-state index is 0.431. The van der Waals surface area contributed by atoms with E-state index in [4.69, 9.17) is 0 Å². The fourth-order valence-corrected chi connectivity index (χ4v) is 0.775. The highest BCUT2D eigenvalue weighted by molar-refractivity contribution is 5.36. The van der Waals surface area contributed by atoms with Gasteiger partial charge in [-0.25, -0.2) is 0 Å². The van der Waals surface area contributed by atoms with Crippen LogP contribution >= 0.6 is 0 Å². The van der Waals surface area contributed by atoms with E-state index in [0.29, 0.717) is 18.5 Å². The van der Waals surface area contributed by atoms with Gasteiger partial charge in [-0.05, 0) is 18.8 Å². The van der Waals surface area contributed by atoms with Crippen LogP contribution in [0.15, 0.2) is 0 Å². The van der Waals surface area contributed by atoms with Crippen molar-refractivity contribution in [2.24, 2.45) is 5.41 Å². The molecule has 80 valence electrons. The molecule has 2 heteroatoms. The van der Waals surface area contributed by atoms with Gasteiger partial charge in [0.15, 0.2) is 0 Å². The lowest BCUT2D eigenvalue weighted by Crippen LogP contribution is -2.03. The molecule has 0 fully saturated rings. The van der Waals surface area contributed by atoms with E-state index in [9.17, 15) is 4.79 Å². The van der Waals surface area contributed by atoms with E-state index in [1.807, 2.05) is 0 Å². The van der Waals surface area contributed by atoms with Gasteiger partial charge in [0.25, 0.3) is 6.47 Å². The summed E-state index contributed by atoms with van der Waals surface area (Å²) in [5, 5.41) is 0. The molecule has 13 heavy (non-hydrogen) atoms. The maximum absolute atomic E-state index is 9.18. The molecule has 0 N–H and O–H groups in total. The summed E-state index contributed by atoms with van der Waals surface area (Å²) in [5.74, 6) is 0. The van der Waals surface area contributed by atoms with E-state index >= 15 is 0 Å². The van der Waals surface area contributed by atoms with Crippen LogP contribution in [0, 0.1) is 5.41 Å². The highest BCUT2D eigenvalue weighted by Gasteiger charge is 2.07. The summed E-state index contributed by atoms with van der Waals surface area (Å²) in [6.45, 7) is 11.8. The Labute approximate surface area is 82.7 Å². The molecule has 0 aromatic rings. The van der Waals surface area contributed by atoms with Crippen LogP contribution < -0.4 is 0 Å². The average molecular weight is 188 g/mol. The molecule has 0 radical (unpaired) electrons. The molecule has 0 saturated carbocycles. The smallest absolute Gasteiger partial charge is 0.293 e. The molecule has 0 bridgehead atoms. The Hall–Kier alpha value is -0.530. The van der Waals surface area contributed by atoms with E-state index in [1.165, 1.54) is 19.3 Å². The van der Waals surface area contributed by atoms with E-state index in [0.717, 1.165) is 0 Å². The monoisotopic (exact) mass is 188 g/mol. The molecule has 0 spiro atoms. The maximum atomic E-state index is 9.18. The lowest BCUT2D eigenvalue weighted by Gasteiger charge is -2.16. The average Bonchev–Trinajstić information content (AvgIpc) is 2.02. The minimum absolute atomic E-state index is 0.431. The number of rotatable bonds is 4. The summed E-state index contributed by atoms with van der Waals surface area (Å²) in [5.41, 5.74) is 0.552. The molecule has 0 heterocycles. The molecule has 2 nitrogen and oxygen atoms in total. The third kappa shape index (κ3) is 24.6. The quantitative estimate of drug-likeness (QED) is 0.632. The standard InChI is InChI=1S/C8H18.C3H6O2/c1-5-6-7-8(2,3)4;1-2-5-3-4/h5-7H2,1-4H3;3H,2H2,1H3. The van der Waals surface area contributed by atoms with Gasteiger partial charge >= 0.3 is 0 Å². The molecule has 0 saturated heterocycles. The molecule has 0 aromatic carbocycles. The Morgan fingerprint density at radius 1 is 1.23 bits per heavy atom. The molecule has 0 unspecified atom stereocenters. The van der Waals surface area contributed by atoms with Gasteiger partial charge in [-0.2, -0.15) is 0 Å². The van der Waals surface area contributed by atoms with Crippen LogP contribution in [0.1, 0.15) is 53.9 Å². The Kier molecular flexibility index (Phi) is 11.0. The van der Waals surface area contributed by atoms with Crippen molar-refractivity contribution in [2.75, 3.05) is 6.61 Å². The summed E-state index contributed by atoms with van der Waals surface area (Å²) in [7, 11) is 0. The summed E-state index contributed by atoms with van der Waals surface area (Å²) >= 11 is 0. The van der Waals surface area contributed by atoms with Gasteiger partial charge in [0.2, 0.25) is 0 Å². The molecule has 0 aromatic heterocycles. The molecule has 0 rings (SSSR count). The minimum Gasteiger partial charge on any atom is -0.468 e. The summed E-state index contributed by atoms with van der Waals surface area (Å²) < 4.78 is 4.15. The zero-order valence-corrected chi connectivity index (χ0v) is 9.72. The van der Waals surface area contributed by atoms with E-state index in [2.05, 4.69) is 32.4 Å². The predicted molar refractivity (Wildman–Crippen MR) is 56.7 cm³/mol. The topological polar surface area (TPSA) is 26.3 Å². The van der Waals surface area contributed by atoms with E-state index < -0.39 is 0 Å². The Morgan fingerprint density at radius 3 is 1.85 bits per heavy atom. The molecular formula is C11H24O2. The van der Waals surface area contributed by atoms with Crippen molar-refractivity contribution in [3.63, 3.8) is 0 Å². The molecule has 0 aliphatic heterocycles. The van der Waals surface area contributed by atoms with Crippen LogP contribution in [-0.4, -0.2) is 13.1 Å². The zero-order valence-electron chi connectivity index (χ0n) is 9.72. The fourth-order valence-electron chi connectivity index (χ4n) is 0.775. The molecule has 0 amide bonds. The van der Waals surface area contributed by atoms with Crippen LogP contribution in [0.4, 0.5) is 0 Å². The second-order valence-corrected chi connectivity index (χ2v) is 4.22. The van der Waals surface area contributed by atoms with E-state index in [1.54, 1.807) is 6.92 Å². The Bertz CT molecular complexity index is 103. The third-order valence-corrected chi connectivity index (χ3v) is 1.52. The zero-order chi connectivity index (χ0) is 10.7. The first-order valence-corrected chi connectivity index (χ1v) is 5.03. The number of carbonyl (C=O) groups is 1. The van der Waals surface area contributed by atoms with Crippen LogP contribution in [0.2, 0.25) is 0 Å². The number of carbonyl (C=O) groups excluding carboxylic acids is 1. The second-order valence-electron chi connectivity index (χ2n) is 4.22. The number of hydrogen-bond donors (Lipinski definition) is 0. The maximum Gasteiger partial charge on any atom is 0.293 e. The lowest BCUT2D eigenvalue weighted by molar-refractivity contribution is -0.128. The molecule has 0 atom stereocenters. The van der Waals surface area contributed by atoms with Crippen molar-refractivity contribution in [1.82, 2.24) is 0 Å². The van der Waals surface area contributed by atoms with Gasteiger partial charge in [-0.3, -0.25) is 4.79 Å². The summed E-state index contributed by atoms with van der Waals surface area (Å²) in [4.78, 5) is 9.18. The van der Waals surface area contributed by atoms with Crippen LogP contribution in [0.5, 0.6) is 0 Å². The highest BCUT2D eigenvalue weighted by atomic mass is 16.5. The van der Waals surface area contributed by atoms with Gasteiger partial charge in [-0.15, -0.1) is 0 Å². The van der Waals surface area contributed by atoms with Gasteiger partial charge in [-0.1, -0.05) is 40.5 Å². The predicted octanol–water partition coefficient (Wildman–Crippen LogP) is 3.40. The van der Waals surface area contributed by atoms with Crippen LogP contribution in [-0.2, 0) is 9.53 Å². The lowest BCUT2D eigenvalue weighted by atomic mass is 9.90. The van der Waals surface area contributed by atoms with Crippen molar-refractivity contribution >= 4 is 6.47 Å². The second kappa shape index (κ2) is 9.56. The van der Waals surface area contributed by atoms with Gasteiger partial charge in [0.05, 0.1) is 6.61 Å². The first kappa shape index (κ1) is 15.0. The number of unbranched alkanes of at least 4 members (excludes halogenated alkanes) is 1. The van der Waals surface area contributed by atoms with Gasteiger partial charge < -0.3 is 4.74 Å². The molecule has 0 aliphatic rings. The summed E-state index contributed by atoms with van der Waals surface area (Å²) in [6.07, 6.45) is 4.07. The van der Waals surface area contributed by atoms with Gasteiger partial charge in [0.1, 0.15) is 0 Å². The van der Waals surface area contributed by atoms with Crippen molar-refractivity contribution in [3.05, 3.63) is 0 Å². The first-order valence-electron chi connectivity index (χ1n) is 5.03. The van der Waals surface area contributed by atoms with Gasteiger partial charge in [0, 0.05) is 0 Å². The Morgan fingerprint density at radius 2 is 1.77 bits per heavy atom. The van der Waals surface area contributed by atoms with Crippen LogP contribution in [0.25, 0.3) is 0 Å². The van der Waals surface area contributed by atoms with E-state index in [-0.39, 0.29) is 0 Å². The largest absolute Gasteiger partial charge is 0.468 e. The van der Waals surface area contributed by atoms with Crippen molar-refractivity contribution in [1.29, 1.82) is 0 Å². The SMILES string of the molecule is CCCCC(C)(C)C.CCOC=O.